The average molecular weight is 329 g/mol. The lowest BCUT2D eigenvalue weighted by Gasteiger charge is -2.33. The van der Waals surface area contributed by atoms with Crippen LogP contribution in [0, 0.1) is 0 Å². The molecule has 6 nitrogen and oxygen atoms in total. The number of aromatic nitrogens is 1. The van der Waals surface area contributed by atoms with Crippen molar-refractivity contribution in [1.82, 2.24) is 9.88 Å². The maximum Gasteiger partial charge on any atom is 0.218 e. The zero-order valence-electron chi connectivity index (χ0n) is 13.8. The Morgan fingerprint density at radius 1 is 0.875 bits per heavy atom. The molecule has 0 radical (unpaired) electrons. The van der Waals surface area contributed by atoms with Crippen LogP contribution in [-0.4, -0.2) is 62.5 Å². The van der Waals surface area contributed by atoms with Crippen LogP contribution in [0.3, 0.4) is 0 Å². The molecule has 2 aliphatic rings. The predicted molar refractivity (Wildman–Crippen MR) is 90.2 cm³/mol. The summed E-state index contributed by atoms with van der Waals surface area (Å²) >= 11 is 0. The molecule has 24 heavy (non-hydrogen) atoms. The highest BCUT2D eigenvalue weighted by atomic mass is 16.5. The fourth-order valence-electron chi connectivity index (χ4n) is 3.32. The number of oxazole rings is 1. The number of benzene rings is 1. The monoisotopic (exact) mass is 329 g/mol. The minimum atomic E-state index is 0.0323. The van der Waals surface area contributed by atoms with Gasteiger partial charge >= 0.3 is 0 Å². The maximum absolute atomic E-state index is 6.17. The van der Waals surface area contributed by atoms with Crippen molar-refractivity contribution in [3.63, 3.8) is 0 Å². The molecule has 1 aromatic heterocycles. The fourth-order valence-corrected chi connectivity index (χ4v) is 3.32. The van der Waals surface area contributed by atoms with Crippen molar-refractivity contribution in [2.75, 3.05) is 57.5 Å². The smallest absolute Gasteiger partial charge is 0.218 e. The highest BCUT2D eigenvalue weighted by Crippen LogP contribution is 2.31. The van der Waals surface area contributed by atoms with Gasteiger partial charge in [-0.15, -0.1) is 0 Å². The van der Waals surface area contributed by atoms with Crippen LogP contribution in [0.4, 0.5) is 5.88 Å². The van der Waals surface area contributed by atoms with Gasteiger partial charge in [0.15, 0.2) is 0 Å². The van der Waals surface area contributed by atoms with Crippen molar-refractivity contribution < 1.29 is 13.9 Å². The Balaban J connectivity index is 1.62. The molecular weight excluding hydrogens is 306 g/mol. The Morgan fingerprint density at radius 3 is 2.25 bits per heavy atom. The first kappa shape index (κ1) is 15.6. The van der Waals surface area contributed by atoms with E-state index in [1.165, 1.54) is 5.56 Å². The van der Waals surface area contributed by atoms with Gasteiger partial charge in [0.05, 0.1) is 32.6 Å². The van der Waals surface area contributed by atoms with Crippen molar-refractivity contribution >= 4 is 5.88 Å². The van der Waals surface area contributed by atoms with Crippen LogP contribution in [0.1, 0.15) is 17.5 Å². The predicted octanol–water partition coefficient (Wildman–Crippen LogP) is 1.93. The van der Waals surface area contributed by atoms with Crippen LogP contribution in [0.5, 0.6) is 0 Å². The van der Waals surface area contributed by atoms with Crippen LogP contribution in [0.15, 0.2) is 40.9 Å². The van der Waals surface area contributed by atoms with Crippen LogP contribution in [-0.2, 0) is 9.47 Å². The van der Waals surface area contributed by atoms with Gasteiger partial charge in [-0.25, -0.2) is 4.98 Å². The second kappa shape index (κ2) is 7.34. The molecular formula is C18H23N3O3. The van der Waals surface area contributed by atoms with E-state index in [4.69, 9.17) is 13.9 Å². The first-order chi connectivity index (χ1) is 11.9. The van der Waals surface area contributed by atoms with E-state index in [1.54, 1.807) is 0 Å². The molecule has 2 fully saturated rings. The lowest BCUT2D eigenvalue weighted by atomic mass is 10.0. The molecule has 128 valence electrons. The second-order valence-electron chi connectivity index (χ2n) is 6.10. The molecule has 2 saturated heterocycles. The van der Waals surface area contributed by atoms with Crippen LogP contribution in [0.2, 0.25) is 0 Å². The van der Waals surface area contributed by atoms with Gasteiger partial charge < -0.3 is 18.8 Å². The third kappa shape index (κ3) is 3.31. The Labute approximate surface area is 142 Å². The third-order valence-corrected chi connectivity index (χ3v) is 4.59. The van der Waals surface area contributed by atoms with E-state index in [0.29, 0.717) is 0 Å². The van der Waals surface area contributed by atoms with E-state index in [9.17, 15) is 0 Å². The lowest BCUT2D eigenvalue weighted by molar-refractivity contribution is 0.0192. The van der Waals surface area contributed by atoms with Crippen molar-refractivity contribution in [3.05, 3.63) is 48.0 Å². The topological polar surface area (TPSA) is 51.0 Å². The molecule has 0 spiro atoms. The van der Waals surface area contributed by atoms with Crippen LogP contribution >= 0.6 is 0 Å². The third-order valence-electron chi connectivity index (χ3n) is 4.59. The normalized spacial score (nSPS) is 20.9. The molecule has 1 unspecified atom stereocenters. The van der Waals surface area contributed by atoms with Gasteiger partial charge in [0.25, 0.3) is 0 Å². The van der Waals surface area contributed by atoms with Crippen molar-refractivity contribution in [2.45, 2.75) is 6.04 Å². The molecule has 0 amide bonds. The number of hydrogen-bond donors (Lipinski definition) is 0. The summed E-state index contributed by atoms with van der Waals surface area (Å²) in [5, 5.41) is 0. The summed E-state index contributed by atoms with van der Waals surface area (Å²) in [6.45, 7) is 6.44. The summed E-state index contributed by atoms with van der Waals surface area (Å²) < 4.78 is 17.1. The minimum Gasteiger partial charge on any atom is -0.423 e. The van der Waals surface area contributed by atoms with Gasteiger partial charge in [-0.1, -0.05) is 30.3 Å². The van der Waals surface area contributed by atoms with Gasteiger partial charge in [0.1, 0.15) is 6.04 Å². The molecule has 3 heterocycles. The summed E-state index contributed by atoms with van der Waals surface area (Å²) in [7, 11) is 0. The average Bonchev–Trinajstić information content (AvgIpc) is 3.14. The highest BCUT2D eigenvalue weighted by molar-refractivity contribution is 5.35. The lowest BCUT2D eigenvalue weighted by Crippen LogP contribution is -2.39. The molecule has 4 rings (SSSR count). The molecule has 1 atom stereocenters. The maximum atomic E-state index is 6.17. The van der Waals surface area contributed by atoms with Gasteiger partial charge in [-0.3, -0.25) is 4.90 Å². The second-order valence-corrected chi connectivity index (χ2v) is 6.10. The Kier molecular flexibility index (Phi) is 4.78. The van der Waals surface area contributed by atoms with Crippen molar-refractivity contribution in [2.24, 2.45) is 0 Å². The molecule has 6 heteroatoms. The molecule has 1 aromatic carbocycles. The number of rotatable bonds is 4. The summed E-state index contributed by atoms with van der Waals surface area (Å²) in [6, 6.07) is 10.5. The molecule has 2 aromatic rings. The molecule has 2 aliphatic heterocycles. The Morgan fingerprint density at radius 2 is 1.54 bits per heavy atom. The highest BCUT2D eigenvalue weighted by Gasteiger charge is 2.29. The quantitative estimate of drug-likeness (QED) is 0.854. The van der Waals surface area contributed by atoms with Gasteiger partial charge in [-0.05, 0) is 5.56 Å². The molecule has 0 N–H and O–H groups in total. The van der Waals surface area contributed by atoms with Gasteiger partial charge in [0.2, 0.25) is 11.8 Å². The van der Waals surface area contributed by atoms with Crippen molar-refractivity contribution in [1.29, 1.82) is 0 Å². The first-order valence-electron chi connectivity index (χ1n) is 8.57. The number of hydrogen-bond acceptors (Lipinski definition) is 6. The zero-order chi connectivity index (χ0) is 16.2. The minimum absolute atomic E-state index is 0.0323. The molecule has 0 aliphatic carbocycles. The number of morpholine rings is 2. The summed E-state index contributed by atoms with van der Waals surface area (Å²) in [6.07, 6.45) is 1.84. The van der Waals surface area contributed by atoms with E-state index in [1.807, 2.05) is 12.3 Å². The summed E-state index contributed by atoms with van der Waals surface area (Å²) in [4.78, 5) is 9.19. The standard InChI is InChI=1S/C18H23N3O3/c1-2-4-15(5-3-1)17(21-8-12-23-13-9-21)18-19-14-16(24-18)20-6-10-22-11-7-20/h1-5,14,17H,6-13H2. The Hall–Kier alpha value is -1.89. The van der Waals surface area contributed by atoms with E-state index >= 15 is 0 Å². The Bertz CT molecular complexity index is 634. The fraction of sp³-hybridized carbons (Fsp3) is 0.500. The number of ether oxygens (including phenoxy) is 2. The first-order valence-corrected chi connectivity index (χ1v) is 8.57. The number of nitrogens with zero attached hydrogens (tertiary/aromatic N) is 3. The van der Waals surface area contributed by atoms with E-state index in [-0.39, 0.29) is 6.04 Å². The van der Waals surface area contributed by atoms with Crippen LogP contribution < -0.4 is 4.90 Å². The SMILES string of the molecule is c1ccc(C(c2ncc(N3CCOCC3)o2)N2CCOCC2)cc1. The van der Waals surface area contributed by atoms with E-state index < -0.39 is 0 Å². The summed E-state index contributed by atoms with van der Waals surface area (Å²) in [5.74, 6) is 1.59. The molecule has 0 saturated carbocycles. The molecule has 0 bridgehead atoms. The van der Waals surface area contributed by atoms with Gasteiger partial charge in [-0.2, -0.15) is 0 Å². The van der Waals surface area contributed by atoms with Gasteiger partial charge in [0, 0.05) is 26.2 Å². The zero-order valence-corrected chi connectivity index (χ0v) is 13.8. The van der Waals surface area contributed by atoms with E-state index in [2.05, 4.69) is 39.0 Å². The largest absolute Gasteiger partial charge is 0.423 e. The van der Waals surface area contributed by atoms with Crippen molar-refractivity contribution in [3.8, 4) is 0 Å². The summed E-state index contributed by atoms with van der Waals surface area (Å²) in [5.41, 5.74) is 1.20. The van der Waals surface area contributed by atoms with Crippen LogP contribution in [0.25, 0.3) is 0 Å². The van der Waals surface area contributed by atoms with E-state index in [0.717, 1.165) is 64.4 Å². The number of anilines is 1.